The van der Waals surface area contributed by atoms with Crippen LogP contribution in [0.25, 0.3) is 10.9 Å². The van der Waals surface area contributed by atoms with E-state index < -0.39 is 11.8 Å². The van der Waals surface area contributed by atoms with Gasteiger partial charge in [0.1, 0.15) is 5.69 Å². The number of aromatic nitrogens is 2. The molecule has 8 nitrogen and oxygen atoms in total. The predicted octanol–water partition coefficient (Wildman–Crippen LogP) is 1.16. The van der Waals surface area contributed by atoms with Crippen molar-refractivity contribution in [3.05, 3.63) is 66.1 Å². The third-order valence-corrected chi connectivity index (χ3v) is 4.98. The van der Waals surface area contributed by atoms with Gasteiger partial charge in [-0.3, -0.25) is 19.4 Å². The molecule has 0 aliphatic carbocycles. The van der Waals surface area contributed by atoms with E-state index in [9.17, 15) is 14.4 Å². The van der Waals surface area contributed by atoms with Crippen molar-refractivity contribution in [1.82, 2.24) is 25.1 Å². The summed E-state index contributed by atoms with van der Waals surface area (Å²) in [6, 6.07) is 13.1. The van der Waals surface area contributed by atoms with Gasteiger partial charge >= 0.3 is 11.8 Å². The van der Waals surface area contributed by atoms with E-state index in [0.29, 0.717) is 31.9 Å². The Labute approximate surface area is 167 Å². The molecule has 0 unspecified atom stereocenters. The molecule has 3 amide bonds. The molecule has 29 heavy (non-hydrogen) atoms. The minimum absolute atomic E-state index is 0.102. The number of H-pyrrole nitrogens is 1. The van der Waals surface area contributed by atoms with Gasteiger partial charge in [-0.2, -0.15) is 0 Å². The van der Waals surface area contributed by atoms with Gasteiger partial charge < -0.3 is 20.1 Å². The van der Waals surface area contributed by atoms with Crippen LogP contribution in [0.3, 0.4) is 0 Å². The first-order valence-electron chi connectivity index (χ1n) is 9.45. The fraction of sp³-hybridized carbons (Fsp3) is 0.238. The molecule has 1 aliphatic rings. The molecule has 1 fully saturated rings. The Morgan fingerprint density at radius 1 is 1.00 bits per heavy atom. The zero-order valence-corrected chi connectivity index (χ0v) is 15.8. The third kappa shape index (κ3) is 4.11. The zero-order chi connectivity index (χ0) is 20.2. The fourth-order valence-electron chi connectivity index (χ4n) is 3.38. The lowest BCUT2D eigenvalue weighted by Crippen LogP contribution is -2.53. The molecule has 1 saturated heterocycles. The van der Waals surface area contributed by atoms with E-state index in [2.05, 4.69) is 15.3 Å². The van der Waals surface area contributed by atoms with Crippen molar-refractivity contribution < 1.29 is 14.4 Å². The molecular formula is C21H21N5O3. The zero-order valence-electron chi connectivity index (χ0n) is 15.8. The summed E-state index contributed by atoms with van der Waals surface area (Å²) in [4.78, 5) is 47.5. The van der Waals surface area contributed by atoms with E-state index in [1.165, 1.54) is 4.90 Å². The third-order valence-electron chi connectivity index (χ3n) is 4.98. The Balaban J connectivity index is 1.30. The van der Waals surface area contributed by atoms with Gasteiger partial charge in [0.2, 0.25) is 0 Å². The molecule has 2 N–H and O–H groups in total. The van der Waals surface area contributed by atoms with Gasteiger partial charge in [-0.25, -0.2) is 0 Å². The number of nitrogens with one attached hydrogen (secondary N) is 2. The number of hydrogen-bond acceptors (Lipinski definition) is 4. The second kappa shape index (κ2) is 8.14. The number of hydrogen-bond donors (Lipinski definition) is 2. The summed E-state index contributed by atoms with van der Waals surface area (Å²) in [7, 11) is 0. The van der Waals surface area contributed by atoms with E-state index in [1.54, 1.807) is 23.4 Å². The van der Waals surface area contributed by atoms with E-state index in [-0.39, 0.29) is 12.5 Å². The van der Waals surface area contributed by atoms with Crippen molar-refractivity contribution in [2.45, 2.75) is 6.54 Å². The average Bonchev–Trinajstić information content (AvgIpc) is 3.21. The van der Waals surface area contributed by atoms with Crippen LogP contribution in [0.15, 0.2) is 54.9 Å². The maximum atomic E-state index is 12.7. The SMILES string of the molecule is O=C(NCc1cccnc1)C(=O)N1CCN(C(=O)c2cc3ccccc3[nH]2)CC1. The summed E-state index contributed by atoms with van der Waals surface area (Å²) in [6.45, 7) is 1.67. The Kier molecular flexibility index (Phi) is 5.24. The van der Waals surface area contributed by atoms with Crippen LogP contribution in [0, 0.1) is 0 Å². The Hall–Kier alpha value is -3.68. The van der Waals surface area contributed by atoms with Gasteiger partial charge in [0.15, 0.2) is 0 Å². The number of aromatic amines is 1. The number of benzene rings is 1. The molecule has 8 heteroatoms. The van der Waals surface area contributed by atoms with Crippen molar-refractivity contribution in [2.75, 3.05) is 26.2 Å². The van der Waals surface area contributed by atoms with Crippen LogP contribution in [-0.2, 0) is 16.1 Å². The smallest absolute Gasteiger partial charge is 0.312 e. The predicted molar refractivity (Wildman–Crippen MR) is 107 cm³/mol. The minimum Gasteiger partial charge on any atom is -0.351 e. The van der Waals surface area contributed by atoms with Crippen LogP contribution in [0.1, 0.15) is 16.1 Å². The highest BCUT2D eigenvalue weighted by atomic mass is 16.2. The first kappa shape index (κ1) is 18.7. The van der Waals surface area contributed by atoms with E-state index in [0.717, 1.165) is 16.5 Å². The van der Waals surface area contributed by atoms with Crippen molar-refractivity contribution in [3.8, 4) is 0 Å². The van der Waals surface area contributed by atoms with Gasteiger partial charge in [0, 0.05) is 56.0 Å². The van der Waals surface area contributed by atoms with E-state index in [4.69, 9.17) is 0 Å². The number of carbonyl (C=O) groups is 3. The summed E-state index contributed by atoms with van der Waals surface area (Å²) in [5.74, 6) is -1.33. The molecule has 0 atom stereocenters. The lowest BCUT2D eigenvalue weighted by Gasteiger charge is -2.34. The number of amides is 3. The summed E-state index contributed by atoms with van der Waals surface area (Å²) >= 11 is 0. The molecule has 0 radical (unpaired) electrons. The molecule has 2 aromatic heterocycles. The van der Waals surface area contributed by atoms with Crippen LogP contribution < -0.4 is 5.32 Å². The van der Waals surface area contributed by atoms with Crippen molar-refractivity contribution in [1.29, 1.82) is 0 Å². The first-order chi connectivity index (χ1) is 14.1. The molecule has 0 bridgehead atoms. The minimum atomic E-state index is -0.649. The molecule has 0 saturated carbocycles. The van der Waals surface area contributed by atoms with Crippen molar-refractivity contribution >= 4 is 28.6 Å². The summed E-state index contributed by atoms with van der Waals surface area (Å²) in [5, 5.41) is 3.60. The van der Waals surface area contributed by atoms with Gasteiger partial charge in [-0.15, -0.1) is 0 Å². The molecule has 1 aromatic carbocycles. The highest BCUT2D eigenvalue weighted by molar-refractivity contribution is 6.35. The number of rotatable bonds is 3. The van der Waals surface area contributed by atoms with Crippen molar-refractivity contribution in [2.24, 2.45) is 0 Å². The van der Waals surface area contributed by atoms with Gasteiger partial charge in [0.25, 0.3) is 5.91 Å². The lowest BCUT2D eigenvalue weighted by molar-refractivity contribution is -0.146. The topological polar surface area (TPSA) is 98.4 Å². The standard InChI is InChI=1S/C21H21N5O3/c27-19(23-14-15-4-3-7-22-13-15)21(29)26-10-8-25(9-11-26)20(28)18-12-16-5-1-2-6-17(16)24-18/h1-7,12-13,24H,8-11,14H2,(H,23,27). The number of piperazine rings is 1. The first-order valence-corrected chi connectivity index (χ1v) is 9.45. The van der Waals surface area contributed by atoms with Crippen LogP contribution in [0.2, 0.25) is 0 Å². The fourth-order valence-corrected chi connectivity index (χ4v) is 3.38. The Morgan fingerprint density at radius 3 is 2.48 bits per heavy atom. The Morgan fingerprint density at radius 2 is 1.76 bits per heavy atom. The molecule has 1 aliphatic heterocycles. The monoisotopic (exact) mass is 391 g/mol. The number of para-hydroxylation sites is 1. The summed E-state index contributed by atoms with van der Waals surface area (Å²) < 4.78 is 0. The van der Waals surface area contributed by atoms with Crippen LogP contribution in [-0.4, -0.2) is 63.7 Å². The molecule has 3 aromatic rings. The van der Waals surface area contributed by atoms with Gasteiger partial charge in [-0.05, 0) is 23.8 Å². The largest absolute Gasteiger partial charge is 0.351 e. The maximum absolute atomic E-state index is 12.7. The van der Waals surface area contributed by atoms with Crippen LogP contribution in [0.4, 0.5) is 0 Å². The molecular weight excluding hydrogens is 370 g/mol. The highest BCUT2D eigenvalue weighted by Gasteiger charge is 2.28. The highest BCUT2D eigenvalue weighted by Crippen LogP contribution is 2.17. The average molecular weight is 391 g/mol. The van der Waals surface area contributed by atoms with Crippen LogP contribution >= 0.6 is 0 Å². The van der Waals surface area contributed by atoms with Crippen molar-refractivity contribution in [3.63, 3.8) is 0 Å². The molecule has 4 rings (SSSR count). The Bertz CT molecular complexity index is 1010. The van der Waals surface area contributed by atoms with E-state index in [1.807, 2.05) is 36.4 Å². The quantitative estimate of drug-likeness (QED) is 0.655. The summed E-state index contributed by atoms with van der Waals surface area (Å²) in [5.41, 5.74) is 2.26. The lowest BCUT2D eigenvalue weighted by atomic mass is 10.2. The second-order valence-electron chi connectivity index (χ2n) is 6.90. The van der Waals surface area contributed by atoms with Gasteiger partial charge in [0.05, 0.1) is 0 Å². The summed E-state index contributed by atoms with van der Waals surface area (Å²) in [6.07, 6.45) is 3.28. The van der Waals surface area contributed by atoms with E-state index >= 15 is 0 Å². The molecule has 0 spiro atoms. The number of nitrogens with zero attached hydrogens (tertiary/aromatic N) is 3. The number of carbonyl (C=O) groups excluding carboxylic acids is 3. The second-order valence-corrected chi connectivity index (χ2v) is 6.90. The van der Waals surface area contributed by atoms with Gasteiger partial charge in [-0.1, -0.05) is 24.3 Å². The normalized spacial score (nSPS) is 14.1. The number of fused-ring (bicyclic) bond motifs is 1. The molecule has 3 heterocycles. The van der Waals surface area contributed by atoms with Crippen LogP contribution in [0.5, 0.6) is 0 Å². The number of pyridine rings is 1. The maximum Gasteiger partial charge on any atom is 0.312 e. The molecule has 148 valence electrons.